The van der Waals surface area contributed by atoms with E-state index in [-0.39, 0.29) is 11.9 Å². The van der Waals surface area contributed by atoms with Gasteiger partial charge in [0.15, 0.2) is 5.82 Å². The average Bonchev–Trinajstić information content (AvgIpc) is 3.35. The monoisotopic (exact) mass is 336 g/mol. The fourth-order valence-electron chi connectivity index (χ4n) is 3.44. The van der Waals surface area contributed by atoms with Gasteiger partial charge >= 0.3 is 0 Å². The molecule has 0 aliphatic carbocycles. The van der Waals surface area contributed by atoms with Gasteiger partial charge in [0.05, 0.1) is 11.7 Å². The summed E-state index contributed by atoms with van der Waals surface area (Å²) >= 11 is 0. The average molecular weight is 336 g/mol. The van der Waals surface area contributed by atoms with Crippen LogP contribution in [0.3, 0.4) is 0 Å². The van der Waals surface area contributed by atoms with Crippen LogP contribution in [-0.2, 0) is 0 Å². The van der Waals surface area contributed by atoms with E-state index < -0.39 is 0 Å². The second-order valence-corrected chi connectivity index (χ2v) is 6.48. The Kier molecular flexibility index (Phi) is 3.83. The number of hydrogen-bond acceptors (Lipinski definition) is 4. The summed E-state index contributed by atoms with van der Waals surface area (Å²) in [5.41, 5.74) is 3.77. The van der Waals surface area contributed by atoms with Crippen LogP contribution in [0.15, 0.2) is 36.7 Å². The minimum Gasteiger partial charge on any atom is -0.336 e. The lowest BCUT2D eigenvalue weighted by molar-refractivity contribution is 0.0787. The first-order valence-corrected chi connectivity index (χ1v) is 8.39. The van der Waals surface area contributed by atoms with Gasteiger partial charge in [0.25, 0.3) is 5.91 Å². The van der Waals surface area contributed by atoms with E-state index in [1.807, 2.05) is 36.1 Å². The van der Waals surface area contributed by atoms with Crippen LogP contribution < -0.4 is 0 Å². The van der Waals surface area contributed by atoms with Crippen LogP contribution in [0.1, 0.15) is 34.2 Å². The van der Waals surface area contributed by atoms with E-state index in [1.54, 1.807) is 0 Å². The Labute approximate surface area is 145 Å². The largest absolute Gasteiger partial charge is 0.336 e. The summed E-state index contributed by atoms with van der Waals surface area (Å²) in [7, 11) is 0. The second kappa shape index (κ2) is 6.16. The molecule has 1 aliphatic rings. The predicted octanol–water partition coefficient (Wildman–Crippen LogP) is 2.37. The van der Waals surface area contributed by atoms with E-state index in [9.17, 15) is 4.79 Å². The van der Waals surface area contributed by atoms with Gasteiger partial charge in [-0.1, -0.05) is 12.1 Å². The Bertz CT molecular complexity index is 881. The molecule has 2 aromatic heterocycles. The highest BCUT2D eigenvalue weighted by atomic mass is 16.2. The van der Waals surface area contributed by atoms with Crippen LogP contribution in [0.25, 0.3) is 11.4 Å². The molecule has 1 amide bonds. The van der Waals surface area contributed by atoms with Gasteiger partial charge in [-0.15, -0.1) is 0 Å². The van der Waals surface area contributed by atoms with Gasteiger partial charge in [-0.2, -0.15) is 10.2 Å². The zero-order valence-corrected chi connectivity index (χ0v) is 14.3. The first-order chi connectivity index (χ1) is 12.1. The highest BCUT2D eigenvalue weighted by molar-refractivity contribution is 5.94. The molecule has 1 fully saturated rings. The molecule has 1 aromatic carbocycles. The van der Waals surface area contributed by atoms with E-state index >= 15 is 0 Å². The van der Waals surface area contributed by atoms with Gasteiger partial charge in [0, 0.05) is 29.9 Å². The molecule has 0 radical (unpaired) electrons. The number of aromatic nitrogens is 5. The molecule has 7 heteroatoms. The van der Waals surface area contributed by atoms with E-state index in [2.05, 4.69) is 38.0 Å². The van der Waals surface area contributed by atoms with Crippen LogP contribution >= 0.6 is 0 Å². The molecule has 1 unspecified atom stereocenters. The zero-order valence-electron chi connectivity index (χ0n) is 14.3. The van der Waals surface area contributed by atoms with Gasteiger partial charge in [-0.05, 0) is 38.5 Å². The Morgan fingerprint density at radius 3 is 2.68 bits per heavy atom. The lowest BCUT2D eigenvalue weighted by atomic mass is 10.1. The number of benzene rings is 1. The van der Waals surface area contributed by atoms with E-state index in [0.29, 0.717) is 17.9 Å². The van der Waals surface area contributed by atoms with Crippen molar-refractivity contribution in [2.45, 2.75) is 26.3 Å². The van der Waals surface area contributed by atoms with Crippen molar-refractivity contribution in [3.63, 3.8) is 0 Å². The number of hydrogen-bond donors (Lipinski definition) is 1. The molecule has 25 heavy (non-hydrogen) atoms. The molecule has 1 N–H and O–H groups in total. The molecular weight excluding hydrogens is 316 g/mol. The van der Waals surface area contributed by atoms with Gasteiger partial charge in [-0.3, -0.25) is 14.6 Å². The predicted molar refractivity (Wildman–Crippen MR) is 93.1 cm³/mol. The second-order valence-electron chi connectivity index (χ2n) is 6.48. The number of rotatable bonds is 3. The Morgan fingerprint density at radius 1 is 1.24 bits per heavy atom. The standard InChI is InChI=1S/C18H20N6O/c1-12-9-13(2)24(22-12)16-7-8-23(10-16)18(25)15-5-3-14(4-6-15)17-19-11-20-21-17/h3-6,9,11,16H,7-8,10H2,1-2H3,(H,19,20,21). The summed E-state index contributed by atoms with van der Waals surface area (Å²) in [5, 5.41) is 11.2. The maximum absolute atomic E-state index is 12.8. The van der Waals surface area contributed by atoms with Crippen LogP contribution in [0.2, 0.25) is 0 Å². The third kappa shape index (κ3) is 2.93. The minimum atomic E-state index is 0.0631. The number of carbonyl (C=O) groups is 1. The van der Waals surface area contributed by atoms with Gasteiger partial charge < -0.3 is 4.90 Å². The maximum Gasteiger partial charge on any atom is 0.253 e. The van der Waals surface area contributed by atoms with Crippen molar-refractivity contribution in [1.82, 2.24) is 29.9 Å². The Hall–Kier alpha value is -2.96. The summed E-state index contributed by atoms with van der Waals surface area (Å²) in [6, 6.07) is 9.80. The van der Waals surface area contributed by atoms with E-state index in [1.165, 1.54) is 6.33 Å². The molecule has 7 nitrogen and oxygen atoms in total. The fourth-order valence-corrected chi connectivity index (χ4v) is 3.44. The van der Waals surface area contributed by atoms with Gasteiger partial charge in [0.2, 0.25) is 0 Å². The van der Waals surface area contributed by atoms with Crippen LogP contribution in [0.4, 0.5) is 0 Å². The number of H-pyrrole nitrogens is 1. The molecule has 1 aliphatic heterocycles. The number of nitrogens with one attached hydrogen (secondary N) is 1. The first-order valence-electron chi connectivity index (χ1n) is 8.39. The topological polar surface area (TPSA) is 79.7 Å². The van der Waals surface area contributed by atoms with Gasteiger partial charge in [-0.25, -0.2) is 4.98 Å². The summed E-state index contributed by atoms with van der Waals surface area (Å²) < 4.78 is 2.05. The molecule has 0 saturated carbocycles. The number of carbonyl (C=O) groups excluding carboxylic acids is 1. The Balaban J connectivity index is 1.47. The fraction of sp³-hybridized carbons (Fsp3) is 0.333. The number of nitrogens with zero attached hydrogens (tertiary/aromatic N) is 5. The molecule has 1 atom stereocenters. The molecular formula is C18H20N6O. The van der Waals surface area contributed by atoms with Crippen molar-refractivity contribution in [2.75, 3.05) is 13.1 Å². The molecule has 3 aromatic rings. The summed E-state index contributed by atoms with van der Waals surface area (Å²) in [6.07, 6.45) is 2.40. The summed E-state index contributed by atoms with van der Waals surface area (Å²) in [5.74, 6) is 0.762. The number of aromatic amines is 1. The molecule has 128 valence electrons. The lowest BCUT2D eigenvalue weighted by Crippen LogP contribution is -2.29. The van der Waals surface area contributed by atoms with Crippen molar-refractivity contribution in [1.29, 1.82) is 0 Å². The number of aryl methyl sites for hydroxylation is 2. The summed E-state index contributed by atoms with van der Waals surface area (Å²) in [4.78, 5) is 18.8. The highest BCUT2D eigenvalue weighted by Gasteiger charge is 2.29. The molecule has 0 bridgehead atoms. The normalized spacial score (nSPS) is 17.2. The molecule has 1 saturated heterocycles. The third-order valence-electron chi connectivity index (χ3n) is 4.66. The summed E-state index contributed by atoms with van der Waals surface area (Å²) in [6.45, 7) is 5.51. The zero-order chi connectivity index (χ0) is 17.4. The number of amides is 1. The third-order valence-corrected chi connectivity index (χ3v) is 4.66. The van der Waals surface area contributed by atoms with Crippen LogP contribution in [-0.4, -0.2) is 48.9 Å². The molecule has 3 heterocycles. The van der Waals surface area contributed by atoms with Crippen molar-refractivity contribution < 1.29 is 4.79 Å². The maximum atomic E-state index is 12.8. The van der Waals surface area contributed by atoms with E-state index in [0.717, 1.165) is 29.9 Å². The quantitative estimate of drug-likeness (QED) is 0.796. The smallest absolute Gasteiger partial charge is 0.253 e. The lowest BCUT2D eigenvalue weighted by Gasteiger charge is -2.17. The van der Waals surface area contributed by atoms with Crippen molar-refractivity contribution in [3.8, 4) is 11.4 Å². The molecule has 0 spiro atoms. The Morgan fingerprint density at radius 2 is 2.04 bits per heavy atom. The van der Waals surface area contributed by atoms with E-state index in [4.69, 9.17) is 0 Å². The number of likely N-dealkylation sites (tertiary alicyclic amines) is 1. The van der Waals surface area contributed by atoms with Crippen molar-refractivity contribution >= 4 is 5.91 Å². The van der Waals surface area contributed by atoms with Crippen LogP contribution in [0, 0.1) is 13.8 Å². The first kappa shape index (κ1) is 15.6. The van der Waals surface area contributed by atoms with Crippen molar-refractivity contribution in [3.05, 3.63) is 53.6 Å². The highest BCUT2D eigenvalue weighted by Crippen LogP contribution is 2.25. The minimum absolute atomic E-state index is 0.0631. The van der Waals surface area contributed by atoms with Gasteiger partial charge in [0.1, 0.15) is 6.33 Å². The SMILES string of the molecule is Cc1cc(C)n(C2CCN(C(=O)c3ccc(-c4ncn[nH]4)cc3)C2)n1. The van der Waals surface area contributed by atoms with Crippen LogP contribution in [0.5, 0.6) is 0 Å². The molecule has 4 rings (SSSR count). The van der Waals surface area contributed by atoms with Crippen molar-refractivity contribution in [2.24, 2.45) is 0 Å².